The molecule has 5 nitrogen and oxygen atoms in total. The molecule has 2 aromatic carbocycles. The Bertz CT molecular complexity index is 1390. The van der Waals surface area contributed by atoms with Crippen LogP contribution in [0.4, 0.5) is 13.8 Å². The summed E-state index contributed by atoms with van der Waals surface area (Å²) in [5.74, 6) is -1.06. The molecule has 4 aromatic rings. The number of benzene rings is 2. The molecule has 0 fully saturated rings. The standard InChI is InChI=1S/C23H20F2N4OS/c1-5-10(2)13-8-14-11(3)28-23(30-4)29-20(14)19(25)17(13)12-6-7-16(24)21-18(12)15(9-26)22(27)31-21/h6-8,10H,5,27H2,1-4H3. The summed E-state index contributed by atoms with van der Waals surface area (Å²) in [6, 6.07) is 6.79. The van der Waals surface area contributed by atoms with Crippen molar-refractivity contribution in [1.29, 1.82) is 5.26 Å². The zero-order valence-electron chi connectivity index (χ0n) is 17.5. The molecule has 8 heteroatoms. The van der Waals surface area contributed by atoms with Crippen molar-refractivity contribution >= 4 is 37.3 Å². The first kappa shape index (κ1) is 20.9. The van der Waals surface area contributed by atoms with E-state index in [0.29, 0.717) is 27.6 Å². The SMILES string of the molecule is CCC(C)c1cc2c(C)nc(OC)nc2c(F)c1-c1ccc(F)c2sc(N)c(C#N)c12. The van der Waals surface area contributed by atoms with Crippen LogP contribution in [0.2, 0.25) is 0 Å². The predicted octanol–water partition coefficient (Wildman–Crippen LogP) is 6.07. The summed E-state index contributed by atoms with van der Waals surface area (Å²) in [7, 11) is 1.42. The Morgan fingerprint density at radius 1 is 1.29 bits per heavy atom. The van der Waals surface area contributed by atoms with Gasteiger partial charge in [-0.1, -0.05) is 19.9 Å². The van der Waals surface area contributed by atoms with Gasteiger partial charge in [-0.05, 0) is 42.5 Å². The highest BCUT2D eigenvalue weighted by atomic mass is 32.1. The second kappa shape index (κ2) is 7.75. The molecule has 2 N–H and O–H groups in total. The molecule has 1 unspecified atom stereocenters. The molecule has 31 heavy (non-hydrogen) atoms. The van der Waals surface area contributed by atoms with Crippen LogP contribution in [0.25, 0.3) is 32.1 Å². The quantitative estimate of drug-likeness (QED) is 0.418. The number of nitrogen functional groups attached to an aromatic ring is 1. The third-order valence-corrected chi connectivity index (χ3v) is 6.68. The lowest BCUT2D eigenvalue weighted by Crippen LogP contribution is -2.04. The predicted molar refractivity (Wildman–Crippen MR) is 119 cm³/mol. The maximum absolute atomic E-state index is 16.1. The zero-order chi connectivity index (χ0) is 22.4. The number of halogens is 2. The summed E-state index contributed by atoms with van der Waals surface area (Å²) >= 11 is 0.989. The van der Waals surface area contributed by atoms with Crippen LogP contribution in [0, 0.1) is 29.9 Å². The van der Waals surface area contributed by atoms with Crippen molar-refractivity contribution in [3.05, 3.63) is 46.7 Å². The van der Waals surface area contributed by atoms with Crippen molar-refractivity contribution in [2.75, 3.05) is 12.8 Å². The van der Waals surface area contributed by atoms with Crippen LogP contribution in [0.3, 0.4) is 0 Å². The van der Waals surface area contributed by atoms with Gasteiger partial charge in [-0.3, -0.25) is 0 Å². The first-order chi connectivity index (χ1) is 14.8. The van der Waals surface area contributed by atoms with E-state index in [9.17, 15) is 9.65 Å². The van der Waals surface area contributed by atoms with Gasteiger partial charge in [0.05, 0.1) is 23.1 Å². The van der Waals surface area contributed by atoms with Crippen LogP contribution in [-0.2, 0) is 0 Å². The second-order valence-electron chi connectivity index (χ2n) is 7.41. The summed E-state index contributed by atoms with van der Waals surface area (Å²) in [4.78, 5) is 8.52. The number of fused-ring (bicyclic) bond motifs is 2. The fourth-order valence-corrected chi connectivity index (χ4v) is 4.80. The van der Waals surface area contributed by atoms with Crippen LogP contribution in [0.5, 0.6) is 6.01 Å². The maximum Gasteiger partial charge on any atom is 0.316 e. The van der Waals surface area contributed by atoms with Gasteiger partial charge >= 0.3 is 6.01 Å². The number of thiophene rings is 1. The minimum atomic E-state index is -0.557. The molecule has 2 heterocycles. The number of methoxy groups -OCH3 is 1. The molecule has 0 aliphatic carbocycles. The Hall–Kier alpha value is -3.31. The van der Waals surface area contributed by atoms with E-state index in [1.165, 1.54) is 19.2 Å². The minimum Gasteiger partial charge on any atom is -0.467 e. The molecule has 0 spiro atoms. The number of rotatable bonds is 4. The summed E-state index contributed by atoms with van der Waals surface area (Å²) < 4.78 is 36.1. The van der Waals surface area contributed by atoms with Crippen molar-refractivity contribution in [3.63, 3.8) is 0 Å². The number of aromatic nitrogens is 2. The molecule has 0 saturated heterocycles. The number of hydrogen-bond donors (Lipinski definition) is 1. The third kappa shape index (κ3) is 3.17. The highest BCUT2D eigenvalue weighted by Gasteiger charge is 2.26. The van der Waals surface area contributed by atoms with E-state index >= 15 is 4.39 Å². The molecule has 0 amide bonds. The smallest absolute Gasteiger partial charge is 0.316 e. The van der Waals surface area contributed by atoms with E-state index in [1.54, 1.807) is 6.92 Å². The molecular weight excluding hydrogens is 418 g/mol. The van der Waals surface area contributed by atoms with Gasteiger partial charge in [-0.15, -0.1) is 11.3 Å². The lowest BCUT2D eigenvalue weighted by molar-refractivity contribution is 0.380. The first-order valence-electron chi connectivity index (χ1n) is 9.77. The topological polar surface area (TPSA) is 84.8 Å². The van der Waals surface area contributed by atoms with E-state index in [0.717, 1.165) is 23.3 Å². The number of nitrogens with zero attached hydrogens (tertiary/aromatic N) is 3. The highest BCUT2D eigenvalue weighted by Crippen LogP contribution is 2.45. The van der Waals surface area contributed by atoms with Gasteiger partial charge in [-0.2, -0.15) is 15.2 Å². The molecule has 4 rings (SSSR count). The van der Waals surface area contributed by atoms with E-state index < -0.39 is 11.6 Å². The summed E-state index contributed by atoms with van der Waals surface area (Å²) in [6.07, 6.45) is 0.759. The van der Waals surface area contributed by atoms with Gasteiger partial charge in [0.1, 0.15) is 22.4 Å². The van der Waals surface area contributed by atoms with Gasteiger partial charge in [0, 0.05) is 16.3 Å². The van der Waals surface area contributed by atoms with Crippen molar-refractivity contribution < 1.29 is 13.5 Å². The Kier molecular flexibility index (Phi) is 5.23. The zero-order valence-corrected chi connectivity index (χ0v) is 18.3. The van der Waals surface area contributed by atoms with Crippen molar-refractivity contribution in [2.45, 2.75) is 33.1 Å². The molecule has 0 aliphatic heterocycles. The van der Waals surface area contributed by atoms with E-state index in [1.807, 2.05) is 19.9 Å². The highest BCUT2D eigenvalue weighted by molar-refractivity contribution is 7.23. The molecule has 2 aromatic heterocycles. The lowest BCUT2D eigenvalue weighted by Gasteiger charge is -2.19. The van der Waals surface area contributed by atoms with E-state index in [4.69, 9.17) is 10.5 Å². The summed E-state index contributed by atoms with van der Waals surface area (Å²) in [6.45, 7) is 5.78. The number of nitrogens with two attached hydrogens (primary N) is 1. The molecule has 0 bridgehead atoms. The average Bonchev–Trinajstić information content (AvgIpc) is 3.11. The van der Waals surface area contributed by atoms with E-state index in [-0.39, 0.29) is 32.7 Å². The molecule has 0 aliphatic rings. The molecule has 0 radical (unpaired) electrons. The van der Waals surface area contributed by atoms with Crippen molar-refractivity contribution in [3.8, 4) is 23.2 Å². The molecule has 1 atom stereocenters. The van der Waals surface area contributed by atoms with Crippen LogP contribution in [-0.4, -0.2) is 17.1 Å². The van der Waals surface area contributed by atoms with Gasteiger partial charge in [0.15, 0.2) is 5.82 Å². The van der Waals surface area contributed by atoms with Crippen LogP contribution >= 0.6 is 11.3 Å². The maximum atomic E-state index is 16.1. The van der Waals surface area contributed by atoms with Crippen molar-refractivity contribution in [1.82, 2.24) is 9.97 Å². The molecule has 158 valence electrons. The number of aryl methyl sites for hydroxylation is 1. The second-order valence-corrected chi connectivity index (χ2v) is 8.46. The Morgan fingerprint density at radius 2 is 2.03 bits per heavy atom. The minimum absolute atomic E-state index is 0.00276. The van der Waals surface area contributed by atoms with Gasteiger partial charge in [0.25, 0.3) is 0 Å². The fourth-order valence-electron chi connectivity index (χ4n) is 3.85. The van der Waals surface area contributed by atoms with Crippen LogP contribution in [0.1, 0.15) is 43.0 Å². The summed E-state index contributed by atoms with van der Waals surface area (Å²) in [5, 5.41) is 10.8. The third-order valence-electron chi connectivity index (χ3n) is 5.66. The Labute approximate surface area is 182 Å². The first-order valence-corrected chi connectivity index (χ1v) is 10.6. The number of nitriles is 1. The van der Waals surface area contributed by atoms with Gasteiger partial charge in [-0.25, -0.2) is 8.78 Å². The largest absolute Gasteiger partial charge is 0.467 e. The lowest BCUT2D eigenvalue weighted by atomic mass is 9.86. The summed E-state index contributed by atoms with van der Waals surface area (Å²) in [5.41, 5.74) is 8.31. The normalized spacial score (nSPS) is 12.3. The van der Waals surface area contributed by atoms with Crippen LogP contribution in [0.15, 0.2) is 18.2 Å². The number of hydrogen-bond acceptors (Lipinski definition) is 6. The van der Waals surface area contributed by atoms with Crippen molar-refractivity contribution in [2.24, 2.45) is 0 Å². The number of anilines is 1. The van der Waals surface area contributed by atoms with E-state index in [2.05, 4.69) is 16.0 Å². The van der Waals surface area contributed by atoms with Gasteiger partial charge < -0.3 is 10.5 Å². The monoisotopic (exact) mass is 438 g/mol. The Balaban J connectivity index is 2.21. The molecule has 0 saturated carbocycles. The Morgan fingerprint density at radius 3 is 2.68 bits per heavy atom. The average molecular weight is 439 g/mol. The number of ether oxygens (including phenoxy) is 1. The fraction of sp³-hybridized carbons (Fsp3) is 0.261. The van der Waals surface area contributed by atoms with Gasteiger partial charge in [0.2, 0.25) is 0 Å². The molecular formula is C23H20F2N4OS. The van der Waals surface area contributed by atoms with Crippen LogP contribution < -0.4 is 10.5 Å².